The average molecular weight is 211 g/mol. The zero-order valence-electron chi connectivity index (χ0n) is 8.69. The molecular weight excluding hydrogens is 198 g/mol. The Labute approximate surface area is 87.0 Å². The maximum absolute atomic E-state index is 11.0. The van der Waals surface area contributed by atoms with Crippen molar-refractivity contribution >= 4 is 5.97 Å². The van der Waals surface area contributed by atoms with E-state index in [1.165, 1.54) is 7.11 Å². The molecule has 1 saturated carbocycles. The molecule has 15 heavy (non-hydrogen) atoms. The number of aliphatic carboxylic acids is 1. The fourth-order valence-electron chi connectivity index (χ4n) is 1.95. The molecule has 1 fully saturated rings. The zero-order chi connectivity index (χ0) is 11.1. The van der Waals surface area contributed by atoms with Gasteiger partial charge in [-0.05, 0) is 19.8 Å². The lowest BCUT2D eigenvalue weighted by molar-refractivity contribution is -0.150. The Morgan fingerprint density at radius 2 is 2.40 bits per heavy atom. The first-order valence-corrected chi connectivity index (χ1v) is 4.79. The Kier molecular flexibility index (Phi) is 2.26. The molecule has 0 saturated heterocycles. The molecule has 5 heteroatoms. The first-order chi connectivity index (χ1) is 7.10. The van der Waals surface area contributed by atoms with Crippen LogP contribution in [0.1, 0.15) is 24.3 Å². The molecule has 1 atom stereocenters. The molecule has 2 rings (SSSR count). The first kappa shape index (κ1) is 10.2. The largest absolute Gasteiger partial charge is 0.479 e. The summed E-state index contributed by atoms with van der Waals surface area (Å²) in [6, 6.07) is 1.78. The van der Waals surface area contributed by atoms with Crippen molar-refractivity contribution in [1.82, 2.24) is 5.16 Å². The molecule has 1 aliphatic rings. The van der Waals surface area contributed by atoms with Crippen LogP contribution >= 0.6 is 0 Å². The van der Waals surface area contributed by atoms with Crippen LogP contribution in [0.5, 0.6) is 0 Å². The second kappa shape index (κ2) is 3.34. The van der Waals surface area contributed by atoms with Gasteiger partial charge in [0.15, 0.2) is 6.10 Å². The van der Waals surface area contributed by atoms with E-state index in [2.05, 4.69) is 5.16 Å². The quantitative estimate of drug-likeness (QED) is 0.807. The molecule has 0 bridgehead atoms. The molecule has 1 unspecified atom stereocenters. The minimum absolute atomic E-state index is 0.474. The Morgan fingerprint density at radius 1 is 1.73 bits per heavy atom. The van der Waals surface area contributed by atoms with Crippen molar-refractivity contribution in [1.29, 1.82) is 0 Å². The molecule has 1 aliphatic carbocycles. The number of hydrogen-bond acceptors (Lipinski definition) is 4. The van der Waals surface area contributed by atoms with E-state index in [1.807, 2.05) is 0 Å². The van der Waals surface area contributed by atoms with Crippen molar-refractivity contribution in [3.05, 3.63) is 17.5 Å². The molecule has 1 aromatic rings. The van der Waals surface area contributed by atoms with Crippen LogP contribution in [-0.2, 0) is 14.9 Å². The highest BCUT2D eigenvalue weighted by atomic mass is 16.5. The summed E-state index contributed by atoms with van der Waals surface area (Å²) in [5.74, 6) is -0.257. The van der Waals surface area contributed by atoms with Crippen molar-refractivity contribution < 1.29 is 19.2 Å². The van der Waals surface area contributed by atoms with E-state index in [-0.39, 0.29) is 0 Å². The van der Waals surface area contributed by atoms with Gasteiger partial charge in [-0.15, -0.1) is 0 Å². The normalized spacial score (nSPS) is 19.9. The molecule has 0 amide bonds. The minimum Gasteiger partial charge on any atom is -0.479 e. The van der Waals surface area contributed by atoms with Gasteiger partial charge in [0.05, 0.1) is 11.1 Å². The molecule has 1 N–H and O–H groups in total. The number of aromatic nitrogens is 1. The van der Waals surface area contributed by atoms with Gasteiger partial charge in [0.1, 0.15) is 5.76 Å². The van der Waals surface area contributed by atoms with Gasteiger partial charge < -0.3 is 14.4 Å². The predicted molar refractivity (Wildman–Crippen MR) is 50.6 cm³/mol. The topological polar surface area (TPSA) is 72.6 Å². The van der Waals surface area contributed by atoms with Crippen LogP contribution in [0.2, 0.25) is 0 Å². The average Bonchev–Trinajstić information content (AvgIpc) is 2.83. The lowest BCUT2D eigenvalue weighted by Crippen LogP contribution is -2.36. The van der Waals surface area contributed by atoms with Crippen molar-refractivity contribution in [2.75, 3.05) is 7.11 Å². The number of carboxylic acids is 1. The van der Waals surface area contributed by atoms with E-state index in [0.29, 0.717) is 11.5 Å². The molecule has 1 aromatic heterocycles. The highest BCUT2D eigenvalue weighted by molar-refractivity contribution is 5.75. The van der Waals surface area contributed by atoms with Crippen molar-refractivity contribution in [2.45, 2.75) is 31.3 Å². The highest BCUT2D eigenvalue weighted by Gasteiger charge is 2.56. The van der Waals surface area contributed by atoms with Crippen LogP contribution in [0, 0.1) is 6.92 Å². The van der Waals surface area contributed by atoms with Crippen LogP contribution in [0.15, 0.2) is 10.6 Å². The number of carboxylic acid groups (broad SMARTS) is 1. The molecule has 82 valence electrons. The number of carbonyl (C=O) groups is 1. The number of rotatable bonds is 4. The summed E-state index contributed by atoms with van der Waals surface area (Å²) in [6.07, 6.45) is 0.732. The summed E-state index contributed by atoms with van der Waals surface area (Å²) in [5.41, 5.74) is 0.215. The zero-order valence-corrected chi connectivity index (χ0v) is 8.69. The SMILES string of the molecule is COC(C(=O)O)C1(c2cc(C)on2)CC1. The Hall–Kier alpha value is -1.36. The van der Waals surface area contributed by atoms with E-state index in [1.54, 1.807) is 13.0 Å². The van der Waals surface area contributed by atoms with Gasteiger partial charge in [-0.25, -0.2) is 4.79 Å². The fourth-order valence-corrected chi connectivity index (χ4v) is 1.95. The lowest BCUT2D eigenvalue weighted by Gasteiger charge is -2.19. The van der Waals surface area contributed by atoms with Crippen LogP contribution in [0.4, 0.5) is 0 Å². The summed E-state index contributed by atoms with van der Waals surface area (Å²) in [7, 11) is 1.41. The van der Waals surface area contributed by atoms with Gasteiger partial charge in [-0.3, -0.25) is 0 Å². The Balaban J connectivity index is 2.30. The molecule has 0 aliphatic heterocycles. The van der Waals surface area contributed by atoms with Crippen LogP contribution in [-0.4, -0.2) is 29.4 Å². The Morgan fingerprint density at radius 3 is 2.73 bits per heavy atom. The number of nitrogens with zero attached hydrogens (tertiary/aromatic N) is 1. The summed E-state index contributed by atoms with van der Waals surface area (Å²) in [4.78, 5) is 11.0. The minimum atomic E-state index is -0.948. The van der Waals surface area contributed by atoms with Gasteiger partial charge in [0.25, 0.3) is 0 Å². The third-order valence-corrected chi connectivity index (χ3v) is 2.89. The summed E-state index contributed by atoms with van der Waals surface area (Å²) in [6.45, 7) is 1.79. The Bertz CT molecular complexity index is 381. The summed E-state index contributed by atoms with van der Waals surface area (Å²) >= 11 is 0. The second-order valence-electron chi connectivity index (χ2n) is 3.93. The summed E-state index contributed by atoms with van der Waals surface area (Å²) < 4.78 is 9.99. The fraction of sp³-hybridized carbons (Fsp3) is 0.600. The monoisotopic (exact) mass is 211 g/mol. The number of hydrogen-bond donors (Lipinski definition) is 1. The van der Waals surface area contributed by atoms with Gasteiger partial charge in [-0.2, -0.15) is 0 Å². The van der Waals surface area contributed by atoms with Crippen molar-refractivity contribution in [3.8, 4) is 0 Å². The number of aryl methyl sites for hydroxylation is 1. The van der Waals surface area contributed by atoms with Gasteiger partial charge in [-0.1, -0.05) is 5.16 Å². The summed E-state index contributed by atoms with van der Waals surface area (Å²) in [5, 5.41) is 12.9. The molecule has 1 heterocycles. The van der Waals surface area contributed by atoms with Crippen LogP contribution in [0.25, 0.3) is 0 Å². The predicted octanol–water partition coefficient (Wildman–Crippen LogP) is 1.11. The lowest BCUT2D eigenvalue weighted by atomic mass is 9.95. The molecule has 0 spiro atoms. The first-order valence-electron chi connectivity index (χ1n) is 4.79. The maximum Gasteiger partial charge on any atom is 0.333 e. The number of methoxy groups -OCH3 is 1. The van der Waals surface area contributed by atoms with Crippen LogP contribution < -0.4 is 0 Å². The van der Waals surface area contributed by atoms with Gasteiger partial charge in [0.2, 0.25) is 0 Å². The number of ether oxygens (including phenoxy) is 1. The highest BCUT2D eigenvalue weighted by Crippen LogP contribution is 2.51. The van der Waals surface area contributed by atoms with E-state index >= 15 is 0 Å². The molecule has 0 radical (unpaired) electrons. The maximum atomic E-state index is 11.0. The smallest absolute Gasteiger partial charge is 0.333 e. The van der Waals surface area contributed by atoms with Crippen molar-refractivity contribution in [2.24, 2.45) is 0 Å². The third kappa shape index (κ3) is 1.52. The molecular formula is C10H13NO4. The molecule has 5 nitrogen and oxygen atoms in total. The van der Waals surface area contributed by atoms with E-state index < -0.39 is 17.5 Å². The third-order valence-electron chi connectivity index (χ3n) is 2.89. The van der Waals surface area contributed by atoms with E-state index in [9.17, 15) is 4.79 Å². The standard InChI is InChI=1S/C10H13NO4/c1-6-5-7(11-15-6)10(3-4-10)8(14-2)9(12)13/h5,8H,3-4H2,1-2H3,(H,12,13). The van der Waals surface area contributed by atoms with E-state index in [0.717, 1.165) is 12.8 Å². The van der Waals surface area contributed by atoms with E-state index in [4.69, 9.17) is 14.4 Å². The van der Waals surface area contributed by atoms with Gasteiger partial charge >= 0.3 is 5.97 Å². The van der Waals surface area contributed by atoms with Gasteiger partial charge in [0, 0.05) is 13.2 Å². The molecule has 0 aromatic carbocycles. The second-order valence-corrected chi connectivity index (χ2v) is 3.93. The van der Waals surface area contributed by atoms with Crippen LogP contribution in [0.3, 0.4) is 0 Å². The van der Waals surface area contributed by atoms with Crippen molar-refractivity contribution in [3.63, 3.8) is 0 Å².